The van der Waals surface area contributed by atoms with Gasteiger partial charge in [-0.1, -0.05) is 0 Å². The van der Waals surface area contributed by atoms with Gasteiger partial charge in [-0.25, -0.2) is 0 Å². The molecule has 1 aromatic heterocycles. The third kappa shape index (κ3) is 3.50. The maximum Gasteiger partial charge on any atom is 0.405 e. The molecule has 0 aliphatic heterocycles. The van der Waals surface area contributed by atoms with Crippen LogP contribution in [0.15, 0.2) is 0 Å². The SMILES string of the molecule is CNC(=O)c1sc(NCC(F)(F)F)c(C(N)=O)c1N. The van der Waals surface area contributed by atoms with E-state index in [4.69, 9.17) is 11.5 Å². The fourth-order valence-electron chi connectivity index (χ4n) is 1.28. The number of carbonyl (C=O) groups is 2. The van der Waals surface area contributed by atoms with Crippen molar-refractivity contribution < 1.29 is 22.8 Å². The van der Waals surface area contributed by atoms with Crippen LogP contribution in [0, 0.1) is 0 Å². The van der Waals surface area contributed by atoms with E-state index in [-0.39, 0.29) is 21.1 Å². The Morgan fingerprint density at radius 2 is 1.95 bits per heavy atom. The van der Waals surface area contributed by atoms with Crippen molar-refractivity contribution in [3.63, 3.8) is 0 Å². The molecule has 0 saturated carbocycles. The van der Waals surface area contributed by atoms with Crippen LogP contribution in [0.5, 0.6) is 0 Å². The smallest absolute Gasteiger partial charge is 0.397 e. The molecule has 0 aliphatic carbocycles. The van der Waals surface area contributed by atoms with Crippen LogP contribution in [-0.4, -0.2) is 31.6 Å². The topological polar surface area (TPSA) is 110 Å². The minimum Gasteiger partial charge on any atom is -0.397 e. The number of hydrogen-bond donors (Lipinski definition) is 4. The molecule has 106 valence electrons. The van der Waals surface area contributed by atoms with Gasteiger partial charge in [-0.2, -0.15) is 13.2 Å². The van der Waals surface area contributed by atoms with Gasteiger partial charge in [-0.05, 0) is 0 Å². The van der Waals surface area contributed by atoms with Crippen LogP contribution in [0.2, 0.25) is 0 Å². The average Bonchev–Trinajstić information content (AvgIpc) is 2.62. The first-order valence-electron chi connectivity index (χ1n) is 4.92. The van der Waals surface area contributed by atoms with Gasteiger partial charge in [0.25, 0.3) is 11.8 Å². The first kappa shape index (κ1) is 15.1. The second kappa shape index (κ2) is 5.34. The molecule has 0 aromatic carbocycles. The molecule has 1 heterocycles. The molecule has 0 spiro atoms. The molecule has 0 saturated heterocycles. The molecule has 0 unspecified atom stereocenters. The number of anilines is 2. The van der Waals surface area contributed by atoms with E-state index in [1.54, 1.807) is 0 Å². The van der Waals surface area contributed by atoms with Crippen molar-refractivity contribution in [2.24, 2.45) is 5.73 Å². The van der Waals surface area contributed by atoms with Crippen LogP contribution >= 0.6 is 11.3 Å². The van der Waals surface area contributed by atoms with E-state index >= 15 is 0 Å². The van der Waals surface area contributed by atoms with Crippen LogP contribution < -0.4 is 22.1 Å². The highest BCUT2D eigenvalue weighted by molar-refractivity contribution is 7.19. The number of amides is 2. The number of nitrogen functional groups attached to an aromatic ring is 1. The lowest BCUT2D eigenvalue weighted by Crippen LogP contribution is -2.23. The summed E-state index contributed by atoms with van der Waals surface area (Å²) in [4.78, 5) is 22.6. The first-order chi connectivity index (χ1) is 8.67. The molecule has 6 nitrogen and oxygen atoms in total. The van der Waals surface area contributed by atoms with Crippen LogP contribution in [0.1, 0.15) is 20.0 Å². The maximum atomic E-state index is 12.1. The summed E-state index contributed by atoms with van der Waals surface area (Å²) in [5.74, 6) is -1.61. The van der Waals surface area contributed by atoms with Gasteiger partial charge in [0.15, 0.2) is 0 Å². The lowest BCUT2D eigenvalue weighted by molar-refractivity contribution is -0.115. The van der Waals surface area contributed by atoms with Crippen molar-refractivity contribution in [2.45, 2.75) is 6.18 Å². The minimum atomic E-state index is -4.47. The molecule has 6 N–H and O–H groups in total. The molecule has 0 bridgehead atoms. The van der Waals surface area contributed by atoms with Gasteiger partial charge in [0.2, 0.25) is 0 Å². The van der Waals surface area contributed by atoms with E-state index in [1.165, 1.54) is 7.05 Å². The normalized spacial score (nSPS) is 11.2. The van der Waals surface area contributed by atoms with Gasteiger partial charge in [0.1, 0.15) is 16.4 Å². The summed E-state index contributed by atoms with van der Waals surface area (Å²) in [5.41, 5.74) is 10.0. The summed E-state index contributed by atoms with van der Waals surface area (Å²) in [6, 6.07) is 0. The predicted molar refractivity (Wildman–Crippen MR) is 65.2 cm³/mol. The number of nitrogens with one attached hydrogen (secondary N) is 2. The van der Waals surface area contributed by atoms with Gasteiger partial charge in [-0.3, -0.25) is 9.59 Å². The number of primary amides is 1. The van der Waals surface area contributed by atoms with Gasteiger partial charge in [-0.15, -0.1) is 11.3 Å². The highest BCUT2D eigenvalue weighted by Crippen LogP contribution is 2.36. The molecule has 1 aromatic rings. The van der Waals surface area contributed by atoms with Crippen molar-refractivity contribution >= 4 is 33.8 Å². The number of rotatable bonds is 4. The quantitative estimate of drug-likeness (QED) is 0.657. The van der Waals surface area contributed by atoms with E-state index in [9.17, 15) is 22.8 Å². The van der Waals surface area contributed by atoms with Crippen molar-refractivity contribution in [1.29, 1.82) is 0 Å². The van der Waals surface area contributed by atoms with E-state index < -0.39 is 24.5 Å². The molecule has 0 aliphatic rings. The fourth-order valence-corrected chi connectivity index (χ4v) is 2.34. The van der Waals surface area contributed by atoms with Gasteiger partial charge < -0.3 is 22.1 Å². The Balaban J connectivity index is 3.16. The number of carbonyl (C=O) groups excluding carboxylic acids is 2. The molecule has 0 fully saturated rings. The van der Waals surface area contributed by atoms with Crippen LogP contribution in [0.25, 0.3) is 0 Å². The summed E-state index contributed by atoms with van der Waals surface area (Å²) < 4.78 is 36.4. The lowest BCUT2D eigenvalue weighted by atomic mass is 10.2. The van der Waals surface area contributed by atoms with Crippen LogP contribution in [0.4, 0.5) is 23.9 Å². The van der Waals surface area contributed by atoms with Crippen molar-refractivity contribution in [3.8, 4) is 0 Å². The third-order valence-corrected chi connectivity index (χ3v) is 3.24. The molecular formula is C9H11F3N4O2S. The number of nitrogens with two attached hydrogens (primary N) is 2. The Bertz CT molecular complexity index is 512. The Morgan fingerprint density at radius 3 is 2.37 bits per heavy atom. The molecule has 0 atom stereocenters. The highest BCUT2D eigenvalue weighted by atomic mass is 32.1. The fraction of sp³-hybridized carbons (Fsp3) is 0.333. The summed E-state index contributed by atoms with van der Waals surface area (Å²) in [6.45, 7) is -1.36. The van der Waals surface area contributed by atoms with Gasteiger partial charge in [0.05, 0.1) is 11.3 Å². The molecule has 1 rings (SSSR count). The second-order valence-electron chi connectivity index (χ2n) is 3.46. The average molecular weight is 296 g/mol. The maximum absolute atomic E-state index is 12.1. The van der Waals surface area contributed by atoms with Gasteiger partial charge >= 0.3 is 6.18 Å². The Kier molecular flexibility index (Phi) is 4.24. The zero-order valence-electron chi connectivity index (χ0n) is 9.72. The van der Waals surface area contributed by atoms with Crippen LogP contribution in [0.3, 0.4) is 0 Å². The zero-order valence-corrected chi connectivity index (χ0v) is 10.5. The first-order valence-corrected chi connectivity index (χ1v) is 5.73. The third-order valence-electron chi connectivity index (χ3n) is 2.07. The number of halogens is 3. The molecule has 0 radical (unpaired) electrons. The van der Waals surface area contributed by atoms with E-state index in [2.05, 4.69) is 5.32 Å². The van der Waals surface area contributed by atoms with Gasteiger partial charge in [0, 0.05) is 7.05 Å². The molecule has 19 heavy (non-hydrogen) atoms. The number of hydrogen-bond acceptors (Lipinski definition) is 5. The summed E-state index contributed by atoms with van der Waals surface area (Å²) in [5, 5.41) is 4.09. The predicted octanol–water partition coefficient (Wildman–Crippen LogP) is 0.763. The van der Waals surface area contributed by atoms with Crippen molar-refractivity contribution in [1.82, 2.24) is 5.32 Å². The largest absolute Gasteiger partial charge is 0.405 e. The Labute approximate surface area is 109 Å². The lowest BCUT2D eigenvalue weighted by Gasteiger charge is -2.08. The molecule has 10 heteroatoms. The summed E-state index contributed by atoms with van der Waals surface area (Å²) >= 11 is 0.639. The van der Waals surface area contributed by atoms with Crippen molar-refractivity contribution in [2.75, 3.05) is 24.6 Å². The molecular weight excluding hydrogens is 285 g/mol. The summed E-state index contributed by atoms with van der Waals surface area (Å²) in [7, 11) is 1.33. The van der Waals surface area contributed by atoms with E-state index in [0.29, 0.717) is 11.3 Å². The number of thiophene rings is 1. The standard InChI is InChI=1S/C9H11F3N4O2S/c1-15-7(18)5-4(13)3(6(14)17)8(19-5)16-2-9(10,11)12/h16H,2,13H2,1H3,(H2,14,17)(H,15,18). The van der Waals surface area contributed by atoms with Crippen molar-refractivity contribution in [3.05, 3.63) is 10.4 Å². The molecule has 2 amide bonds. The minimum absolute atomic E-state index is 0.0685. The Hall–Kier alpha value is -1.97. The van der Waals surface area contributed by atoms with E-state index in [0.717, 1.165) is 0 Å². The van der Waals surface area contributed by atoms with E-state index in [1.807, 2.05) is 5.32 Å². The monoisotopic (exact) mass is 296 g/mol. The highest BCUT2D eigenvalue weighted by Gasteiger charge is 2.30. The number of alkyl halides is 3. The summed E-state index contributed by atoms with van der Waals surface area (Å²) in [6.07, 6.45) is -4.47. The zero-order chi connectivity index (χ0) is 14.8. The second-order valence-corrected chi connectivity index (χ2v) is 4.48. The Morgan fingerprint density at radius 1 is 1.37 bits per heavy atom. The van der Waals surface area contributed by atoms with Crippen LogP contribution in [-0.2, 0) is 0 Å².